The van der Waals surface area contributed by atoms with Crippen molar-refractivity contribution in [3.8, 4) is 0 Å². The van der Waals surface area contributed by atoms with Gasteiger partial charge in [0.15, 0.2) is 0 Å². The molecule has 1 heterocycles. The summed E-state index contributed by atoms with van der Waals surface area (Å²) in [5.41, 5.74) is 1.39. The maximum absolute atomic E-state index is 12.4. The maximum atomic E-state index is 12.4. The first-order valence-electron chi connectivity index (χ1n) is 9.29. The van der Waals surface area contributed by atoms with E-state index in [2.05, 4.69) is 35.0 Å². The number of hydrogen-bond acceptors (Lipinski definition) is 3. The minimum Gasteiger partial charge on any atom is -0.376 e. The lowest BCUT2D eigenvalue weighted by atomic mass is 9.73. The van der Waals surface area contributed by atoms with E-state index >= 15 is 0 Å². The highest BCUT2D eigenvalue weighted by molar-refractivity contribution is 7.89. The summed E-state index contributed by atoms with van der Waals surface area (Å²) in [5.74, 6) is 1.06. The van der Waals surface area contributed by atoms with Crippen LogP contribution < -0.4 is 4.72 Å². The molecule has 2 aliphatic rings. The molecule has 142 valence electrons. The first-order valence-corrected chi connectivity index (χ1v) is 11.2. The highest BCUT2D eigenvalue weighted by Gasteiger charge is 2.28. The number of allylic oxidation sites excluding steroid dienone is 2. The molecule has 2 atom stereocenters. The lowest BCUT2D eigenvalue weighted by Crippen LogP contribution is -2.30. The van der Waals surface area contributed by atoms with Gasteiger partial charge in [0.2, 0.25) is 10.0 Å². The molecule has 3 rings (SSSR count). The number of nitrogens with one attached hydrogen (secondary N) is 1. The predicted octanol–water partition coefficient (Wildman–Crippen LogP) is 4.20. The van der Waals surface area contributed by atoms with Gasteiger partial charge >= 0.3 is 0 Å². The first kappa shape index (κ1) is 19.5. The number of likely N-dealkylation sites (N-methyl/N-ethyl adjacent to an activating group) is 1. The molecule has 1 aromatic carbocycles. The number of benzene rings is 1. The summed E-state index contributed by atoms with van der Waals surface area (Å²) in [6.45, 7) is 1.43. The molecule has 1 saturated carbocycles. The fourth-order valence-electron chi connectivity index (χ4n) is 3.99. The van der Waals surface area contributed by atoms with Crippen molar-refractivity contribution in [1.29, 1.82) is 0 Å². The monoisotopic (exact) mass is 394 g/mol. The molecule has 26 heavy (non-hydrogen) atoms. The summed E-state index contributed by atoms with van der Waals surface area (Å²) in [4.78, 5) is 2.48. The largest absolute Gasteiger partial charge is 0.376 e. The van der Waals surface area contributed by atoms with Crippen molar-refractivity contribution in [3.05, 3.63) is 53.2 Å². The van der Waals surface area contributed by atoms with Crippen molar-refractivity contribution in [2.45, 2.75) is 37.0 Å². The average molecular weight is 395 g/mol. The molecular weight excluding hydrogens is 368 g/mol. The first-order chi connectivity index (χ1) is 12.5. The normalized spacial score (nSPS) is 23.8. The average Bonchev–Trinajstić information content (AvgIpc) is 2.62. The maximum Gasteiger partial charge on any atom is 0.240 e. The molecule has 0 spiro atoms. The summed E-state index contributed by atoms with van der Waals surface area (Å²) in [5, 5.41) is 0.535. The van der Waals surface area contributed by atoms with E-state index in [9.17, 15) is 8.42 Å². The number of hydrogen-bond donors (Lipinski definition) is 1. The van der Waals surface area contributed by atoms with Crippen LogP contribution in [0.15, 0.2) is 53.1 Å². The Morgan fingerprint density at radius 2 is 1.92 bits per heavy atom. The summed E-state index contributed by atoms with van der Waals surface area (Å²) in [6.07, 6.45) is 12.4. The number of rotatable bonds is 6. The van der Waals surface area contributed by atoms with E-state index in [0.717, 1.165) is 13.0 Å². The Labute approximate surface area is 162 Å². The van der Waals surface area contributed by atoms with E-state index in [4.69, 9.17) is 11.6 Å². The summed E-state index contributed by atoms with van der Waals surface area (Å²) >= 11 is 5.84. The van der Waals surface area contributed by atoms with Gasteiger partial charge in [-0.05, 0) is 60.9 Å². The second kappa shape index (κ2) is 8.59. The standard InChI is InChI=1S/C20H27ClN2O2S/c1-23-14-4-6-17(15-23)20-7-3-2-5-16(20)12-13-22-26(24,25)19-10-8-18(21)9-11-19/h4,6,8-11,15-16,20,22H,2-3,5,7,12-14H2,1H3/t16-,20+/m0/s1. The fraction of sp³-hybridized carbons (Fsp3) is 0.500. The van der Waals surface area contributed by atoms with E-state index in [1.54, 1.807) is 24.3 Å². The molecule has 4 nitrogen and oxygen atoms in total. The number of sulfonamides is 1. The molecule has 0 radical (unpaired) electrons. The molecule has 0 amide bonds. The Balaban J connectivity index is 1.60. The molecule has 1 aromatic rings. The summed E-state index contributed by atoms with van der Waals surface area (Å²) in [6, 6.07) is 6.29. The SMILES string of the molecule is CN1C=C([C@@H]2CCCC[C@H]2CCNS(=O)(=O)c2ccc(Cl)cc2)C=CC1. The van der Waals surface area contributed by atoms with Gasteiger partial charge in [0, 0.05) is 31.4 Å². The van der Waals surface area contributed by atoms with E-state index in [1.165, 1.54) is 31.3 Å². The minimum absolute atomic E-state index is 0.265. The zero-order valence-electron chi connectivity index (χ0n) is 15.2. The zero-order valence-corrected chi connectivity index (χ0v) is 16.8. The highest BCUT2D eigenvalue weighted by atomic mass is 35.5. The third kappa shape index (κ3) is 4.90. The van der Waals surface area contributed by atoms with Crippen LogP contribution in [0.3, 0.4) is 0 Å². The van der Waals surface area contributed by atoms with Gasteiger partial charge in [-0.25, -0.2) is 13.1 Å². The van der Waals surface area contributed by atoms with E-state index in [1.807, 2.05) is 0 Å². The van der Waals surface area contributed by atoms with Crippen LogP contribution in [0, 0.1) is 11.8 Å². The topological polar surface area (TPSA) is 49.4 Å². The molecule has 1 fully saturated rings. The van der Waals surface area contributed by atoms with Crippen LogP contribution in [0.5, 0.6) is 0 Å². The van der Waals surface area contributed by atoms with Gasteiger partial charge in [-0.1, -0.05) is 36.6 Å². The molecule has 1 aliphatic heterocycles. The van der Waals surface area contributed by atoms with Crippen molar-refractivity contribution < 1.29 is 8.42 Å². The third-order valence-corrected chi connectivity index (χ3v) is 7.07. The van der Waals surface area contributed by atoms with Gasteiger partial charge in [0.1, 0.15) is 0 Å². The van der Waals surface area contributed by atoms with E-state index in [0.29, 0.717) is 23.4 Å². The third-order valence-electron chi connectivity index (χ3n) is 5.34. The Kier molecular flexibility index (Phi) is 6.43. The van der Waals surface area contributed by atoms with Crippen LogP contribution >= 0.6 is 11.6 Å². The Hall–Kier alpha value is -1.30. The predicted molar refractivity (Wildman–Crippen MR) is 107 cm³/mol. The van der Waals surface area contributed by atoms with Crippen LogP contribution in [-0.2, 0) is 10.0 Å². The smallest absolute Gasteiger partial charge is 0.240 e. The fourth-order valence-corrected chi connectivity index (χ4v) is 5.17. The lowest BCUT2D eigenvalue weighted by molar-refractivity contribution is 0.257. The second-order valence-corrected chi connectivity index (χ2v) is 9.47. The second-order valence-electron chi connectivity index (χ2n) is 7.26. The molecular formula is C20H27ClN2O2S. The molecule has 1 aliphatic carbocycles. The van der Waals surface area contributed by atoms with Gasteiger partial charge in [-0.3, -0.25) is 0 Å². The molecule has 0 saturated heterocycles. The Morgan fingerprint density at radius 3 is 2.65 bits per heavy atom. The zero-order chi connectivity index (χ0) is 18.6. The van der Waals surface area contributed by atoms with Crippen LogP contribution in [-0.4, -0.2) is 33.5 Å². The number of halogens is 1. The summed E-state index contributed by atoms with van der Waals surface area (Å²) < 4.78 is 27.6. The molecule has 1 N–H and O–H groups in total. The number of nitrogens with zero attached hydrogens (tertiary/aromatic N) is 1. The van der Waals surface area contributed by atoms with Crippen molar-refractivity contribution in [3.63, 3.8) is 0 Å². The van der Waals surface area contributed by atoms with Gasteiger partial charge in [0.05, 0.1) is 4.90 Å². The lowest BCUT2D eigenvalue weighted by Gasteiger charge is -2.34. The van der Waals surface area contributed by atoms with Gasteiger partial charge in [0.25, 0.3) is 0 Å². The van der Waals surface area contributed by atoms with Crippen molar-refractivity contribution >= 4 is 21.6 Å². The van der Waals surface area contributed by atoms with Crippen molar-refractivity contribution in [2.24, 2.45) is 11.8 Å². The van der Waals surface area contributed by atoms with E-state index in [-0.39, 0.29) is 4.90 Å². The van der Waals surface area contributed by atoms with E-state index < -0.39 is 10.0 Å². The molecule has 6 heteroatoms. The quantitative estimate of drug-likeness (QED) is 0.786. The Morgan fingerprint density at radius 1 is 1.19 bits per heavy atom. The molecule has 0 aromatic heterocycles. The van der Waals surface area contributed by atoms with Crippen molar-refractivity contribution in [2.75, 3.05) is 20.1 Å². The van der Waals surface area contributed by atoms with Crippen LogP contribution in [0.2, 0.25) is 5.02 Å². The Bertz CT molecular complexity index is 772. The highest BCUT2D eigenvalue weighted by Crippen LogP contribution is 2.38. The molecule has 0 bridgehead atoms. The summed E-state index contributed by atoms with van der Waals surface area (Å²) in [7, 11) is -1.38. The van der Waals surface area contributed by atoms with Crippen LogP contribution in [0.4, 0.5) is 0 Å². The van der Waals surface area contributed by atoms with Gasteiger partial charge in [-0.2, -0.15) is 0 Å². The van der Waals surface area contributed by atoms with Gasteiger partial charge in [-0.15, -0.1) is 0 Å². The minimum atomic E-state index is -3.47. The van der Waals surface area contributed by atoms with Crippen molar-refractivity contribution in [1.82, 2.24) is 9.62 Å². The van der Waals surface area contributed by atoms with Crippen LogP contribution in [0.1, 0.15) is 32.1 Å². The van der Waals surface area contributed by atoms with Crippen LogP contribution in [0.25, 0.3) is 0 Å². The van der Waals surface area contributed by atoms with Gasteiger partial charge < -0.3 is 4.90 Å². The molecule has 0 unspecified atom stereocenters.